The van der Waals surface area contributed by atoms with E-state index in [1.54, 1.807) is 18.2 Å². The molecule has 2 N–H and O–H groups in total. The van der Waals surface area contributed by atoms with Crippen molar-refractivity contribution in [2.75, 3.05) is 18.9 Å². The first-order valence-corrected chi connectivity index (χ1v) is 7.81. The van der Waals surface area contributed by atoms with Gasteiger partial charge in [-0.2, -0.15) is 0 Å². The van der Waals surface area contributed by atoms with Crippen LogP contribution in [0.25, 0.3) is 0 Å². The van der Waals surface area contributed by atoms with Crippen LogP contribution in [0.4, 0.5) is 5.69 Å². The van der Waals surface area contributed by atoms with E-state index in [0.29, 0.717) is 22.3 Å². The van der Waals surface area contributed by atoms with Gasteiger partial charge in [-0.3, -0.25) is 4.79 Å². The number of hydrogen-bond donors (Lipinski definition) is 2. The van der Waals surface area contributed by atoms with Crippen molar-refractivity contribution < 1.29 is 9.69 Å². The minimum Gasteiger partial charge on any atom is -0.326 e. The Kier molecular flexibility index (Phi) is 5.83. The molecule has 0 aromatic heterocycles. The number of rotatable bonds is 5. The van der Waals surface area contributed by atoms with Crippen LogP contribution in [0.15, 0.2) is 42.5 Å². The van der Waals surface area contributed by atoms with Gasteiger partial charge in [0.25, 0.3) is 5.91 Å². The van der Waals surface area contributed by atoms with Gasteiger partial charge in [0, 0.05) is 10.6 Å². The van der Waals surface area contributed by atoms with Crippen LogP contribution < -0.4 is 10.2 Å². The maximum Gasteiger partial charge on any atom is 0.279 e. The number of carbonyl (C=O) groups is 1. The van der Waals surface area contributed by atoms with Crippen molar-refractivity contribution in [2.24, 2.45) is 0 Å². The summed E-state index contributed by atoms with van der Waals surface area (Å²) in [5.74, 6) is -0.0752. The van der Waals surface area contributed by atoms with Crippen molar-refractivity contribution in [3.63, 3.8) is 0 Å². The summed E-state index contributed by atoms with van der Waals surface area (Å²) < 4.78 is 0. The molecule has 1 unspecified atom stereocenters. The molecule has 0 radical (unpaired) electrons. The van der Waals surface area contributed by atoms with E-state index in [4.69, 9.17) is 23.2 Å². The third-order valence-corrected chi connectivity index (χ3v) is 3.84. The van der Waals surface area contributed by atoms with E-state index in [-0.39, 0.29) is 5.91 Å². The Bertz CT molecular complexity index is 656. The second kappa shape index (κ2) is 7.63. The van der Waals surface area contributed by atoms with E-state index in [2.05, 4.69) is 36.5 Å². The van der Waals surface area contributed by atoms with E-state index in [1.807, 2.05) is 7.05 Å². The molecule has 0 heterocycles. The summed E-state index contributed by atoms with van der Waals surface area (Å²) in [6.45, 7) is 3.22. The van der Waals surface area contributed by atoms with Crippen molar-refractivity contribution >= 4 is 34.8 Å². The number of nitrogens with one attached hydrogen (secondary N) is 2. The second-order valence-corrected chi connectivity index (χ2v) is 6.31. The molecule has 2 aromatic carbocycles. The Labute approximate surface area is 140 Å². The smallest absolute Gasteiger partial charge is 0.279 e. The molecule has 0 aliphatic carbocycles. The van der Waals surface area contributed by atoms with E-state index in [1.165, 1.54) is 11.1 Å². The highest BCUT2D eigenvalue weighted by molar-refractivity contribution is 6.36. The number of benzene rings is 2. The molecular weight excluding hydrogens is 319 g/mol. The summed E-state index contributed by atoms with van der Waals surface area (Å²) in [5, 5.41) is 3.80. The predicted molar refractivity (Wildman–Crippen MR) is 91.7 cm³/mol. The van der Waals surface area contributed by atoms with Crippen LogP contribution in [-0.4, -0.2) is 19.5 Å². The number of aryl methyl sites for hydroxylation is 1. The Morgan fingerprint density at radius 1 is 1.14 bits per heavy atom. The molecule has 116 valence electrons. The summed E-state index contributed by atoms with van der Waals surface area (Å²) >= 11 is 11.9. The van der Waals surface area contributed by atoms with Crippen LogP contribution >= 0.6 is 23.2 Å². The Morgan fingerprint density at radius 3 is 2.45 bits per heavy atom. The highest BCUT2D eigenvalue weighted by Crippen LogP contribution is 2.25. The number of likely N-dealkylation sites (N-methyl/N-ethyl adjacent to an activating group) is 1. The van der Waals surface area contributed by atoms with Gasteiger partial charge < -0.3 is 10.2 Å². The number of carbonyl (C=O) groups excluding carboxylic acids is 1. The van der Waals surface area contributed by atoms with Gasteiger partial charge in [0.15, 0.2) is 6.54 Å². The minimum absolute atomic E-state index is 0.0752. The van der Waals surface area contributed by atoms with E-state index < -0.39 is 0 Å². The average molecular weight is 338 g/mol. The predicted octanol–water partition coefficient (Wildman–Crippen LogP) is 2.96. The Balaban J connectivity index is 1.89. The van der Waals surface area contributed by atoms with Crippen molar-refractivity contribution in [3.05, 3.63) is 63.6 Å². The molecule has 5 heteroatoms. The quantitative estimate of drug-likeness (QED) is 0.864. The number of hydrogen-bond acceptors (Lipinski definition) is 1. The van der Waals surface area contributed by atoms with Gasteiger partial charge in [0.1, 0.15) is 6.54 Å². The lowest BCUT2D eigenvalue weighted by molar-refractivity contribution is -0.885. The van der Waals surface area contributed by atoms with E-state index in [9.17, 15) is 4.79 Å². The topological polar surface area (TPSA) is 33.5 Å². The lowest BCUT2D eigenvalue weighted by Gasteiger charge is -2.14. The van der Waals surface area contributed by atoms with Crippen LogP contribution in [0, 0.1) is 6.92 Å². The maximum atomic E-state index is 12.1. The molecule has 0 bridgehead atoms. The van der Waals surface area contributed by atoms with Gasteiger partial charge in [0.05, 0.1) is 17.8 Å². The van der Waals surface area contributed by atoms with Crippen molar-refractivity contribution in [1.29, 1.82) is 0 Å². The SMILES string of the molecule is Cc1ccc(C[NH+](C)CC(=O)Nc2ccc(Cl)cc2Cl)cc1. The summed E-state index contributed by atoms with van der Waals surface area (Å²) in [6.07, 6.45) is 0. The average Bonchev–Trinajstić information content (AvgIpc) is 2.44. The number of anilines is 1. The van der Waals surface area contributed by atoms with Gasteiger partial charge in [-0.05, 0) is 25.1 Å². The molecule has 22 heavy (non-hydrogen) atoms. The summed E-state index contributed by atoms with van der Waals surface area (Å²) in [5.41, 5.74) is 3.02. The molecule has 1 atom stereocenters. The molecular formula is C17H19Cl2N2O+. The van der Waals surface area contributed by atoms with Gasteiger partial charge in [-0.25, -0.2) is 0 Å². The largest absolute Gasteiger partial charge is 0.326 e. The van der Waals surface area contributed by atoms with Crippen LogP contribution in [0.1, 0.15) is 11.1 Å². The molecule has 0 saturated heterocycles. The molecule has 2 rings (SSSR count). The van der Waals surface area contributed by atoms with Crippen LogP contribution in [-0.2, 0) is 11.3 Å². The number of amides is 1. The number of halogens is 2. The van der Waals surface area contributed by atoms with Crippen LogP contribution in [0.5, 0.6) is 0 Å². The minimum atomic E-state index is -0.0752. The normalized spacial score (nSPS) is 12.0. The highest BCUT2D eigenvalue weighted by Gasteiger charge is 2.12. The molecule has 0 fully saturated rings. The van der Waals surface area contributed by atoms with Gasteiger partial charge >= 0.3 is 0 Å². The van der Waals surface area contributed by atoms with Crippen molar-refractivity contribution in [3.8, 4) is 0 Å². The zero-order valence-corrected chi connectivity index (χ0v) is 14.1. The Morgan fingerprint density at radius 2 is 1.82 bits per heavy atom. The van der Waals surface area contributed by atoms with Gasteiger partial charge in [-0.15, -0.1) is 0 Å². The molecule has 0 spiro atoms. The first-order valence-electron chi connectivity index (χ1n) is 7.06. The zero-order chi connectivity index (χ0) is 16.1. The fraction of sp³-hybridized carbons (Fsp3) is 0.235. The summed E-state index contributed by atoms with van der Waals surface area (Å²) in [4.78, 5) is 13.2. The van der Waals surface area contributed by atoms with E-state index >= 15 is 0 Å². The second-order valence-electron chi connectivity index (χ2n) is 5.47. The number of quaternary nitrogens is 1. The van der Waals surface area contributed by atoms with Gasteiger partial charge in [0.2, 0.25) is 0 Å². The third-order valence-electron chi connectivity index (χ3n) is 3.29. The highest BCUT2D eigenvalue weighted by atomic mass is 35.5. The third kappa shape index (κ3) is 5.02. The maximum absolute atomic E-state index is 12.1. The molecule has 3 nitrogen and oxygen atoms in total. The monoisotopic (exact) mass is 337 g/mol. The van der Waals surface area contributed by atoms with Crippen molar-refractivity contribution in [1.82, 2.24) is 0 Å². The van der Waals surface area contributed by atoms with Gasteiger partial charge in [-0.1, -0.05) is 53.0 Å². The molecule has 0 aliphatic rings. The standard InChI is InChI=1S/C17H18Cl2N2O/c1-12-3-5-13(6-4-12)10-21(2)11-17(22)20-16-8-7-14(18)9-15(16)19/h3-9H,10-11H2,1-2H3,(H,20,22)/p+1. The molecule has 2 aromatic rings. The first-order chi connectivity index (χ1) is 10.4. The lowest BCUT2D eigenvalue weighted by Crippen LogP contribution is -3.08. The van der Waals surface area contributed by atoms with Crippen LogP contribution in [0.3, 0.4) is 0 Å². The first kappa shape index (κ1) is 16.8. The molecule has 0 aliphatic heterocycles. The zero-order valence-electron chi connectivity index (χ0n) is 12.6. The van der Waals surface area contributed by atoms with Crippen LogP contribution in [0.2, 0.25) is 10.0 Å². The molecule has 1 amide bonds. The van der Waals surface area contributed by atoms with Crippen molar-refractivity contribution in [2.45, 2.75) is 13.5 Å². The summed E-state index contributed by atoms with van der Waals surface area (Å²) in [7, 11) is 1.99. The fourth-order valence-corrected chi connectivity index (χ4v) is 2.63. The lowest BCUT2D eigenvalue weighted by atomic mass is 10.1. The molecule has 0 saturated carbocycles. The fourth-order valence-electron chi connectivity index (χ4n) is 2.18. The summed E-state index contributed by atoms with van der Waals surface area (Å²) in [6, 6.07) is 13.4. The Hall–Kier alpha value is -1.55. The van der Waals surface area contributed by atoms with E-state index in [0.717, 1.165) is 11.4 Å².